The Morgan fingerprint density at radius 3 is 2.33 bits per heavy atom. The highest BCUT2D eigenvalue weighted by molar-refractivity contribution is 6.40. The number of amides is 1. The minimum Gasteiger partial charge on any atom is -0.399 e. The molecule has 0 bridgehead atoms. The van der Waals surface area contributed by atoms with Crippen molar-refractivity contribution in [3.8, 4) is 0 Å². The van der Waals surface area contributed by atoms with Crippen LogP contribution in [0.3, 0.4) is 0 Å². The van der Waals surface area contributed by atoms with Crippen LogP contribution in [-0.4, -0.2) is 5.91 Å². The van der Waals surface area contributed by atoms with Crippen LogP contribution in [0.4, 0.5) is 11.4 Å². The predicted molar refractivity (Wildman–Crippen MR) is 62.2 cm³/mol. The average Bonchev–Trinajstić information content (AvgIpc) is 2.93. The third-order valence-electron chi connectivity index (χ3n) is 2.26. The van der Waals surface area contributed by atoms with E-state index in [0.717, 1.165) is 12.8 Å². The van der Waals surface area contributed by atoms with E-state index in [9.17, 15) is 4.79 Å². The summed E-state index contributed by atoms with van der Waals surface area (Å²) in [5, 5.41) is 3.45. The number of carbonyl (C=O) groups excluding carboxylic acids is 1. The highest BCUT2D eigenvalue weighted by atomic mass is 35.5. The molecule has 1 amide bonds. The number of halogens is 2. The zero-order valence-electron chi connectivity index (χ0n) is 7.89. The van der Waals surface area contributed by atoms with E-state index >= 15 is 0 Å². The van der Waals surface area contributed by atoms with Gasteiger partial charge in [-0.15, -0.1) is 0 Å². The molecule has 0 aliphatic heterocycles. The Kier molecular flexibility index (Phi) is 2.76. The quantitative estimate of drug-likeness (QED) is 0.787. The summed E-state index contributed by atoms with van der Waals surface area (Å²) in [5.74, 6) is 0.0956. The van der Waals surface area contributed by atoms with Crippen LogP contribution in [-0.2, 0) is 4.79 Å². The number of hydrogen-bond acceptors (Lipinski definition) is 2. The number of carbonyl (C=O) groups is 1. The first-order chi connectivity index (χ1) is 7.08. The van der Waals surface area contributed by atoms with E-state index in [2.05, 4.69) is 5.32 Å². The highest BCUT2D eigenvalue weighted by Crippen LogP contribution is 2.35. The van der Waals surface area contributed by atoms with Crippen LogP contribution in [0.1, 0.15) is 12.8 Å². The standard InChI is InChI=1S/C10H10Cl2N2O/c11-7-3-6(13)4-8(12)9(7)14-10(15)5-1-2-5/h3-5H,1-2,13H2,(H,14,15). The van der Waals surface area contributed by atoms with Crippen molar-refractivity contribution in [3.05, 3.63) is 22.2 Å². The fourth-order valence-corrected chi connectivity index (χ4v) is 1.88. The number of anilines is 2. The third kappa shape index (κ3) is 2.36. The summed E-state index contributed by atoms with van der Waals surface area (Å²) in [5.41, 5.74) is 6.48. The number of rotatable bonds is 2. The van der Waals surface area contributed by atoms with Crippen molar-refractivity contribution < 1.29 is 4.79 Å². The number of nitrogen functional groups attached to an aromatic ring is 1. The first kappa shape index (κ1) is 10.6. The van der Waals surface area contributed by atoms with E-state index in [-0.39, 0.29) is 11.8 Å². The molecule has 0 unspecified atom stereocenters. The maximum absolute atomic E-state index is 11.5. The van der Waals surface area contributed by atoms with Gasteiger partial charge in [-0.1, -0.05) is 23.2 Å². The van der Waals surface area contributed by atoms with E-state index in [4.69, 9.17) is 28.9 Å². The molecule has 0 spiro atoms. The van der Waals surface area contributed by atoms with Crippen molar-refractivity contribution in [1.29, 1.82) is 0 Å². The number of hydrogen-bond donors (Lipinski definition) is 2. The Morgan fingerprint density at radius 1 is 1.33 bits per heavy atom. The van der Waals surface area contributed by atoms with Crippen LogP contribution in [0, 0.1) is 5.92 Å². The van der Waals surface area contributed by atoms with Gasteiger partial charge < -0.3 is 11.1 Å². The third-order valence-corrected chi connectivity index (χ3v) is 2.86. The van der Waals surface area contributed by atoms with Crippen molar-refractivity contribution >= 4 is 40.5 Å². The van der Waals surface area contributed by atoms with Gasteiger partial charge in [0.1, 0.15) is 0 Å². The molecule has 3 N–H and O–H groups in total. The Morgan fingerprint density at radius 2 is 1.87 bits per heavy atom. The Balaban J connectivity index is 2.23. The van der Waals surface area contributed by atoms with Gasteiger partial charge in [-0.05, 0) is 25.0 Å². The Labute approximate surface area is 97.5 Å². The SMILES string of the molecule is Nc1cc(Cl)c(NC(=O)C2CC2)c(Cl)c1. The fourth-order valence-electron chi connectivity index (χ4n) is 1.28. The van der Waals surface area contributed by atoms with Crippen molar-refractivity contribution in [2.45, 2.75) is 12.8 Å². The van der Waals surface area contributed by atoms with Gasteiger partial charge in [0.2, 0.25) is 5.91 Å². The lowest BCUT2D eigenvalue weighted by atomic mass is 10.2. The lowest BCUT2D eigenvalue weighted by Gasteiger charge is -2.09. The summed E-state index contributed by atoms with van der Waals surface area (Å²) in [4.78, 5) is 11.5. The summed E-state index contributed by atoms with van der Waals surface area (Å²) in [6.45, 7) is 0. The highest BCUT2D eigenvalue weighted by Gasteiger charge is 2.30. The maximum atomic E-state index is 11.5. The largest absolute Gasteiger partial charge is 0.399 e. The van der Waals surface area contributed by atoms with E-state index in [1.54, 1.807) is 12.1 Å². The molecular formula is C10H10Cl2N2O. The molecule has 1 aromatic rings. The molecule has 2 rings (SSSR count). The van der Waals surface area contributed by atoms with Crippen molar-refractivity contribution in [2.24, 2.45) is 5.92 Å². The molecule has 1 aromatic carbocycles. The van der Waals surface area contributed by atoms with E-state index in [1.807, 2.05) is 0 Å². The molecule has 3 nitrogen and oxygen atoms in total. The monoisotopic (exact) mass is 244 g/mol. The summed E-state index contributed by atoms with van der Waals surface area (Å²) in [6.07, 6.45) is 1.88. The normalized spacial score (nSPS) is 15.1. The molecule has 15 heavy (non-hydrogen) atoms. The van der Waals surface area contributed by atoms with Crippen LogP contribution >= 0.6 is 23.2 Å². The molecule has 0 saturated heterocycles. The molecule has 80 valence electrons. The molecule has 0 heterocycles. The van der Waals surface area contributed by atoms with Crippen LogP contribution in [0.2, 0.25) is 10.0 Å². The zero-order chi connectivity index (χ0) is 11.0. The van der Waals surface area contributed by atoms with E-state index < -0.39 is 0 Å². The average molecular weight is 245 g/mol. The minimum absolute atomic E-state index is 0.0245. The van der Waals surface area contributed by atoms with Gasteiger partial charge in [0.25, 0.3) is 0 Å². The minimum atomic E-state index is -0.0245. The second kappa shape index (κ2) is 3.91. The van der Waals surface area contributed by atoms with E-state index in [1.165, 1.54) is 0 Å². The molecule has 1 aliphatic carbocycles. The van der Waals surface area contributed by atoms with Gasteiger partial charge in [0.15, 0.2) is 0 Å². The second-order valence-corrected chi connectivity index (χ2v) is 4.44. The van der Waals surface area contributed by atoms with Gasteiger partial charge in [0.05, 0.1) is 15.7 Å². The molecular weight excluding hydrogens is 235 g/mol. The smallest absolute Gasteiger partial charge is 0.227 e. The summed E-state index contributed by atoms with van der Waals surface area (Å²) >= 11 is 11.8. The molecule has 1 saturated carbocycles. The Hall–Kier alpha value is -0.930. The van der Waals surface area contributed by atoms with Crippen molar-refractivity contribution in [2.75, 3.05) is 11.1 Å². The van der Waals surface area contributed by atoms with Crippen molar-refractivity contribution in [1.82, 2.24) is 0 Å². The molecule has 1 fully saturated rings. The predicted octanol–water partition coefficient (Wildman–Crippen LogP) is 2.92. The topological polar surface area (TPSA) is 55.1 Å². The molecule has 1 aliphatic rings. The lowest BCUT2D eigenvalue weighted by Crippen LogP contribution is -2.14. The number of nitrogens with one attached hydrogen (secondary N) is 1. The zero-order valence-corrected chi connectivity index (χ0v) is 9.40. The van der Waals surface area contributed by atoms with Crippen LogP contribution in [0.25, 0.3) is 0 Å². The van der Waals surface area contributed by atoms with Crippen LogP contribution in [0.5, 0.6) is 0 Å². The summed E-state index contributed by atoms with van der Waals surface area (Å²) < 4.78 is 0. The first-order valence-electron chi connectivity index (χ1n) is 4.63. The number of nitrogens with two attached hydrogens (primary N) is 1. The van der Waals surface area contributed by atoms with Gasteiger partial charge in [-0.25, -0.2) is 0 Å². The second-order valence-electron chi connectivity index (χ2n) is 3.62. The van der Waals surface area contributed by atoms with Crippen LogP contribution in [0.15, 0.2) is 12.1 Å². The van der Waals surface area contributed by atoms with Gasteiger partial charge in [-0.2, -0.15) is 0 Å². The van der Waals surface area contributed by atoms with E-state index in [0.29, 0.717) is 21.4 Å². The fraction of sp³-hybridized carbons (Fsp3) is 0.300. The molecule has 0 aromatic heterocycles. The lowest BCUT2D eigenvalue weighted by molar-refractivity contribution is -0.117. The van der Waals surface area contributed by atoms with Gasteiger partial charge >= 0.3 is 0 Å². The molecule has 5 heteroatoms. The Bertz CT molecular complexity index is 393. The van der Waals surface area contributed by atoms with Crippen LogP contribution < -0.4 is 11.1 Å². The van der Waals surface area contributed by atoms with Crippen molar-refractivity contribution in [3.63, 3.8) is 0 Å². The molecule has 0 atom stereocenters. The summed E-state index contributed by atoms with van der Waals surface area (Å²) in [6, 6.07) is 3.13. The van der Waals surface area contributed by atoms with Gasteiger partial charge in [0, 0.05) is 11.6 Å². The summed E-state index contributed by atoms with van der Waals surface area (Å²) in [7, 11) is 0. The maximum Gasteiger partial charge on any atom is 0.227 e. The molecule has 0 radical (unpaired) electrons. The van der Waals surface area contributed by atoms with Gasteiger partial charge in [-0.3, -0.25) is 4.79 Å². The number of benzene rings is 1. The first-order valence-corrected chi connectivity index (χ1v) is 5.39.